The van der Waals surface area contributed by atoms with Crippen molar-refractivity contribution >= 4 is 57.7 Å². The molecule has 5 N–H and O–H groups in total. The van der Waals surface area contributed by atoms with Crippen molar-refractivity contribution in [2.75, 3.05) is 18.5 Å². The molecule has 0 atom stereocenters. The lowest BCUT2D eigenvalue weighted by Crippen LogP contribution is -2.42. The Morgan fingerprint density at radius 1 is 1.20 bits per heavy atom. The lowest BCUT2D eigenvalue weighted by molar-refractivity contribution is -0.124. The molecule has 1 saturated carbocycles. The fraction of sp³-hybridized carbons (Fsp3) is 0.375. The zero-order valence-electron chi connectivity index (χ0n) is 20.8. The summed E-state index contributed by atoms with van der Waals surface area (Å²) in [5, 5.41) is 7.78. The van der Waals surface area contributed by atoms with Crippen molar-refractivity contribution in [2.24, 2.45) is 12.8 Å². The summed E-state index contributed by atoms with van der Waals surface area (Å²) >= 11 is 12.9. The number of anilines is 2. The number of fused-ring (bicyclic) bond motifs is 1. The fourth-order valence-electron chi connectivity index (χ4n) is 3.73. The first-order chi connectivity index (χ1) is 18.7. The molecule has 0 spiro atoms. The van der Waals surface area contributed by atoms with E-state index in [2.05, 4.69) is 15.6 Å². The van der Waals surface area contributed by atoms with Gasteiger partial charge in [-0.05, 0) is 30.5 Å². The minimum Gasteiger partial charge on any atom is -0.487 e. The Morgan fingerprint density at radius 3 is 2.52 bits per heavy atom. The van der Waals surface area contributed by atoms with Crippen LogP contribution in [-0.4, -0.2) is 52.7 Å². The van der Waals surface area contributed by atoms with Gasteiger partial charge in [0.1, 0.15) is 18.9 Å². The third-order valence-electron chi connectivity index (χ3n) is 6.13. The minimum absolute atomic E-state index is 0.0756. The number of carbonyl (C=O) groups is 2. The summed E-state index contributed by atoms with van der Waals surface area (Å²) in [5.41, 5.74) is 5.82. The van der Waals surface area contributed by atoms with Crippen LogP contribution in [0.25, 0.3) is 11.0 Å². The summed E-state index contributed by atoms with van der Waals surface area (Å²) in [5.74, 6) is -1.70. The molecule has 0 aliphatic heterocycles. The lowest BCUT2D eigenvalue weighted by atomic mass is 10.1. The van der Waals surface area contributed by atoms with Gasteiger partial charge in [0.15, 0.2) is 0 Å². The second-order valence-electron chi connectivity index (χ2n) is 9.19. The Morgan fingerprint density at radius 2 is 1.90 bits per heavy atom. The quantitative estimate of drug-likeness (QED) is 0.248. The van der Waals surface area contributed by atoms with Gasteiger partial charge < -0.3 is 31.0 Å². The maximum Gasteiger partial charge on any atom is 0.405 e. The Bertz CT molecular complexity index is 1460. The molecule has 0 bridgehead atoms. The smallest absolute Gasteiger partial charge is 0.405 e. The summed E-state index contributed by atoms with van der Waals surface area (Å²) in [4.78, 5) is 29.1. The zero-order chi connectivity index (χ0) is 29.4. The van der Waals surface area contributed by atoms with E-state index in [4.69, 9.17) is 33.7 Å². The van der Waals surface area contributed by atoms with Crippen LogP contribution in [0.1, 0.15) is 28.8 Å². The monoisotopic (exact) mass is 608 g/mol. The van der Waals surface area contributed by atoms with Crippen molar-refractivity contribution in [3.63, 3.8) is 0 Å². The number of rotatable bonds is 10. The molecule has 40 heavy (non-hydrogen) atoms. The highest BCUT2D eigenvalue weighted by molar-refractivity contribution is 6.39. The maximum atomic E-state index is 12.8. The van der Waals surface area contributed by atoms with Gasteiger partial charge in [0, 0.05) is 19.7 Å². The van der Waals surface area contributed by atoms with E-state index in [1.54, 1.807) is 24.5 Å². The van der Waals surface area contributed by atoms with E-state index >= 15 is 0 Å². The molecule has 16 heteroatoms. The van der Waals surface area contributed by atoms with Gasteiger partial charge in [0.2, 0.25) is 11.9 Å². The first kappa shape index (κ1) is 29.6. The molecule has 0 unspecified atom stereocenters. The number of hydrogen-bond acceptors (Lipinski definition) is 6. The SMILES string of the molecule is Cn1c(Nc2c(Cl)ccc(CNC(=O)C3(N)CC3)c2Cl)nc2cc(C(=O)NCC(F)(F)F)c(OCC(F)F)cc21. The van der Waals surface area contributed by atoms with Crippen LogP contribution in [0.5, 0.6) is 5.75 Å². The minimum atomic E-state index is -4.69. The third-order valence-corrected chi connectivity index (χ3v) is 6.88. The number of amides is 2. The van der Waals surface area contributed by atoms with Crippen LogP contribution in [0.2, 0.25) is 10.0 Å². The Hall–Kier alpha value is -3.36. The van der Waals surface area contributed by atoms with E-state index < -0.39 is 42.8 Å². The number of carbonyl (C=O) groups excluding carboxylic acids is 2. The van der Waals surface area contributed by atoms with E-state index in [0.717, 1.165) is 6.07 Å². The van der Waals surface area contributed by atoms with Gasteiger partial charge in [-0.2, -0.15) is 13.2 Å². The van der Waals surface area contributed by atoms with E-state index in [9.17, 15) is 31.5 Å². The van der Waals surface area contributed by atoms with Gasteiger partial charge in [0.25, 0.3) is 12.3 Å². The molecule has 1 heterocycles. The number of halogens is 7. The van der Waals surface area contributed by atoms with Crippen molar-refractivity contribution < 1.29 is 36.3 Å². The molecule has 3 aromatic rings. The fourth-order valence-corrected chi connectivity index (χ4v) is 4.26. The summed E-state index contributed by atoms with van der Waals surface area (Å²) in [7, 11) is 1.56. The number of ether oxygens (including phenoxy) is 1. The predicted molar refractivity (Wildman–Crippen MR) is 138 cm³/mol. The van der Waals surface area contributed by atoms with Gasteiger partial charge in [-0.25, -0.2) is 13.8 Å². The Kier molecular flexibility index (Phi) is 8.33. The van der Waals surface area contributed by atoms with Crippen LogP contribution in [0.4, 0.5) is 33.6 Å². The number of nitrogens with zero attached hydrogens (tertiary/aromatic N) is 2. The lowest BCUT2D eigenvalue weighted by Gasteiger charge is -2.15. The summed E-state index contributed by atoms with van der Waals surface area (Å²) in [6.07, 6.45) is -6.40. The van der Waals surface area contributed by atoms with Gasteiger partial charge in [-0.1, -0.05) is 29.3 Å². The largest absolute Gasteiger partial charge is 0.487 e. The zero-order valence-corrected chi connectivity index (χ0v) is 22.3. The number of hydrogen-bond donors (Lipinski definition) is 4. The normalized spacial score (nSPS) is 14.3. The highest BCUT2D eigenvalue weighted by Crippen LogP contribution is 2.37. The second-order valence-corrected chi connectivity index (χ2v) is 9.98. The molecule has 1 fully saturated rings. The standard InChI is InChI=1S/C24H23Cl2F5N6O3/c1-37-15-7-16(40-9-17(27)28)12(20(38)34-10-24(29,30)31)6-14(15)35-22(37)36-19-13(25)3-2-11(18(19)26)8-33-21(39)23(32)4-5-23/h2-3,6-7,17H,4-5,8-10,32H2,1H3,(H,33,39)(H,34,38)(H,35,36). The van der Waals surface area contributed by atoms with E-state index in [0.29, 0.717) is 23.9 Å². The van der Waals surface area contributed by atoms with E-state index in [1.165, 1.54) is 10.6 Å². The highest BCUT2D eigenvalue weighted by Gasteiger charge is 2.45. The van der Waals surface area contributed by atoms with Crippen molar-refractivity contribution in [3.05, 3.63) is 45.4 Å². The molecule has 0 saturated heterocycles. The number of imidazole rings is 1. The number of aryl methyl sites for hydroxylation is 1. The average Bonchev–Trinajstić information content (AvgIpc) is 3.57. The highest BCUT2D eigenvalue weighted by atomic mass is 35.5. The molecule has 1 aliphatic rings. The van der Waals surface area contributed by atoms with Gasteiger partial charge in [-0.15, -0.1) is 0 Å². The van der Waals surface area contributed by atoms with Gasteiger partial charge in [-0.3, -0.25) is 9.59 Å². The van der Waals surface area contributed by atoms with Crippen molar-refractivity contribution in [2.45, 2.75) is 37.5 Å². The van der Waals surface area contributed by atoms with Crippen molar-refractivity contribution in [1.29, 1.82) is 0 Å². The van der Waals surface area contributed by atoms with E-state index in [-0.39, 0.29) is 45.4 Å². The van der Waals surface area contributed by atoms with Gasteiger partial charge >= 0.3 is 6.18 Å². The number of nitrogens with two attached hydrogens (primary N) is 1. The maximum absolute atomic E-state index is 12.8. The molecule has 216 valence electrons. The molecule has 0 radical (unpaired) electrons. The number of nitrogens with one attached hydrogen (secondary N) is 3. The first-order valence-electron chi connectivity index (χ1n) is 11.8. The molecule has 9 nitrogen and oxygen atoms in total. The van der Waals surface area contributed by atoms with E-state index in [1.807, 2.05) is 0 Å². The molecule has 1 aromatic heterocycles. The Balaban J connectivity index is 1.64. The Labute approximate surface area is 234 Å². The second kappa shape index (κ2) is 11.3. The van der Waals surface area contributed by atoms with Crippen LogP contribution in [0.3, 0.4) is 0 Å². The molecule has 1 aliphatic carbocycles. The first-order valence-corrected chi connectivity index (χ1v) is 12.5. The molecule has 2 amide bonds. The average molecular weight is 609 g/mol. The number of aromatic nitrogens is 2. The van der Waals surface area contributed by atoms with Crippen LogP contribution >= 0.6 is 23.2 Å². The molecular weight excluding hydrogens is 586 g/mol. The number of benzene rings is 2. The van der Waals surface area contributed by atoms with Crippen molar-refractivity contribution in [3.8, 4) is 5.75 Å². The predicted octanol–water partition coefficient (Wildman–Crippen LogP) is 4.67. The van der Waals surface area contributed by atoms with Crippen LogP contribution in [0, 0.1) is 0 Å². The topological polar surface area (TPSA) is 123 Å². The van der Waals surface area contributed by atoms with Gasteiger partial charge in [0.05, 0.1) is 37.9 Å². The van der Waals surface area contributed by atoms with Crippen LogP contribution < -0.4 is 26.4 Å². The molecule has 2 aromatic carbocycles. The third kappa shape index (κ3) is 6.67. The summed E-state index contributed by atoms with van der Waals surface area (Å²) < 4.78 is 70.0. The summed E-state index contributed by atoms with van der Waals surface area (Å²) in [6.45, 7) is -2.65. The molecular formula is C24H23Cl2F5N6O3. The van der Waals surface area contributed by atoms with Crippen LogP contribution in [0.15, 0.2) is 24.3 Å². The molecule has 4 rings (SSSR count). The van der Waals surface area contributed by atoms with Crippen molar-refractivity contribution in [1.82, 2.24) is 20.2 Å². The van der Waals surface area contributed by atoms with Crippen LogP contribution in [-0.2, 0) is 18.4 Å². The summed E-state index contributed by atoms with van der Waals surface area (Å²) in [6, 6.07) is 5.52. The number of alkyl halides is 5.